The molecule has 0 spiro atoms. The highest BCUT2D eigenvalue weighted by molar-refractivity contribution is 7.22. The van der Waals surface area contributed by atoms with E-state index in [0.29, 0.717) is 53.1 Å². The van der Waals surface area contributed by atoms with Crippen LogP contribution in [0.2, 0.25) is 0 Å². The molecule has 0 radical (unpaired) electrons. The lowest BCUT2D eigenvalue weighted by Crippen LogP contribution is -2.39. The number of amides is 1. The van der Waals surface area contributed by atoms with Gasteiger partial charge in [0, 0.05) is 32.2 Å². The summed E-state index contributed by atoms with van der Waals surface area (Å²) in [6, 6.07) is 3.74. The number of aryl methyl sites for hydroxylation is 2. The van der Waals surface area contributed by atoms with Crippen molar-refractivity contribution in [3.63, 3.8) is 0 Å². The van der Waals surface area contributed by atoms with E-state index in [4.69, 9.17) is 9.15 Å². The molecule has 1 aliphatic rings. The minimum atomic E-state index is -0.733. The molecule has 1 fully saturated rings. The Bertz CT molecular complexity index is 1060. The summed E-state index contributed by atoms with van der Waals surface area (Å²) >= 11 is 1.11. The highest BCUT2D eigenvalue weighted by Crippen LogP contribution is 2.32. The van der Waals surface area contributed by atoms with Crippen LogP contribution >= 0.6 is 11.3 Å². The van der Waals surface area contributed by atoms with Crippen molar-refractivity contribution < 1.29 is 22.7 Å². The van der Waals surface area contributed by atoms with Crippen LogP contribution in [0.4, 0.5) is 13.9 Å². The zero-order valence-corrected chi connectivity index (χ0v) is 17.7. The van der Waals surface area contributed by atoms with Crippen LogP contribution in [0.5, 0.6) is 0 Å². The van der Waals surface area contributed by atoms with Gasteiger partial charge in [-0.05, 0) is 32.4 Å². The Morgan fingerprint density at radius 2 is 2.00 bits per heavy atom. The van der Waals surface area contributed by atoms with E-state index in [2.05, 4.69) is 9.88 Å². The number of ether oxygens (including phenoxy) is 1. The number of carbonyl (C=O) groups excluding carboxylic acids is 1. The number of benzene rings is 1. The highest BCUT2D eigenvalue weighted by atomic mass is 32.1. The Morgan fingerprint density at radius 1 is 1.23 bits per heavy atom. The molecule has 6 nitrogen and oxygen atoms in total. The van der Waals surface area contributed by atoms with Gasteiger partial charge in [-0.1, -0.05) is 11.3 Å². The van der Waals surface area contributed by atoms with Crippen LogP contribution in [0.25, 0.3) is 10.2 Å². The third kappa shape index (κ3) is 4.38. The first kappa shape index (κ1) is 20.9. The van der Waals surface area contributed by atoms with Crippen LogP contribution in [0.3, 0.4) is 0 Å². The van der Waals surface area contributed by atoms with E-state index >= 15 is 0 Å². The standard InChI is InChI=1S/C21H23F2N3O3S/c1-13-10-16(14(2)29-13)20(27)26(5-3-4-25-6-8-28-9-7-25)21-24-19-17(23)11-15(22)12-18(19)30-21/h10-12H,3-9H2,1-2H3. The van der Waals surface area contributed by atoms with Crippen molar-refractivity contribution in [3.05, 3.63) is 46.9 Å². The molecule has 0 saturated carbocycles. The number of carbonyl (C=O) groups is 1. The van der Waals surface area contributed by atoms with Gasteiger partial charge in [-0.25, -0.2) is 13.8 Å². The Labute approximate surface area is 177 Å². The van der Waals surface area contributed by atoms with Crippen LogP contribution < -0.4 is 4.90 Å². The number of rotatable bonds is 6. The summed E-state index contributed by atoms with van der Waals surface area (Å²) < 4.78 is 39.1. The molecule has 160 valence electrons. The summed E-state index contributed by atoms with van der Waals surface area (Å²) in [7, 11) is 0. The Hall–Kier alpha value is -2.36. The number of morpholine rings is 1. The summed E-state index contributed by atoms with van der Waals surface area (Å²) in [6.07, 6.45) is 0.717. The SMILES string of the molecule is Cc1cc(C(=O)N(CCCN2CCOCC2)c2nc3c(F)cc(F)cc3s2)c(C)o1. The lowest BCUT2D eigenvalue weighted by atomic mass is 10.2. The highest BCUT2D eigenvalue weighted by Gasteiger charge is 2.25. The number of hydrogen-bond acceptors (Lipinski definition) is 6. The average Bonchev–Trinajstić information content (AvgIpc) is 3.28. The monoisotopic (exact) mass is 435 g/mol. The molecule has 3 aromatic rings. The number of halogens is 2. The molecule has 0 bridgehead atoms. The number of furan rings is 1. The summed E-state index contributed by atoms with van der Waals surface area (Å²) in [4.78, 5) is 21.5. The third-order valence-electron chi connectivity index (χ3n) is 5.11. The van der Waals surface area contributed by atoms with Crippen molar-refractivity contribution >= 4 is 32.6 Å². The summed E-state index contributed by atoms with van der Waals surface area (Å²) in [6.45, 7) is 7.87. The zero-order chi connectivity index (χ0) is 21.3. The van der Waals surface area contributed by atoms with Gasteiger partial charge < -0.3 is 9.15 Å². The number of fused-ring (bicyclic) bond motifs is 1. The van der Waals surface area contributed by atoms with E-state index in [9.17, 15) is 13.6 Å². The van der Waals surface area contributed by atoms with E-state index in [-0.39, 0.29) is 11.4 Å². The van der Waals surface area contributed by atoms with Crippen molar-refractivity contribution in [2.24, 2.45) is 0 Å². The summed E-state index contributed by atoms with van der Waals surface area (Å²) in [5.41, 5.74) is 0.521. The van der Waals surface area contributed by atoms with Crippen molar-refractivity contribution in [1.29, 1.82) is 0 Å². The predicted octanol–water partition coefficient (Wildman–Crippen LogP) is 4.15. The van der Waals surface area contributed by atoms with Gasteiger partial charge in [0.1, 0.15) is 22.9 Å². The largest absolute Gasteiger partial charge is 0.466 e. The van der Waals surface area contributed by atoms with Gasteiger partial charge >= 0.3 is 0 Å². The lowest BCUT2D eigenvalue weighted by Gasteiger charge is -2.27. The number of anilines is 1. The van der Waals surface area contributed by atoms with Crippen molar-refractivity contribution in [3.8, 4) is 0 Å². The van der Waals surface area contributed by atoms with E-state index in [1.165, 1.54) is 6.07 Å². The molecule has 0 aliphatic carbocycles. The van der Waals surface area contributed by atoms with Crippen LogP contribution in [-0.2, 0) is 4.74 Å². The number of hydrogen-bond donors (Lipinski definition) is 0. The quantitative estimate of drug-likeness (QED) is 0.582. The molecule has 30 heavy (non-hydrogen) atoms. The second-order valence-electron chi connectivity index (χ2n) is 7.32. The molecule has 0 atom stereocenters. The normalized spacial score (nSPS) is 15.1. The fourth-order valence-electron chi connectivity index (χ4n) is 3.61. The van der Waals surface area contributed by atoms with Gasteiger partial charge in [0.15, 0.2) is 10.9 Å². The molecule has 4 rings (SSSR count). The van der Waals surface area contributed by atoms with Gasteiger partial charge in [0.2, 0.25) is 0 Å². The van der Waals surface area contributed by atoms with Gasteiger partial charge in [-0.3, -0.25) is 14.6 Å². The fourth-order valence-corrected chi connectivity index (χ4v) is 4.64. The van der Waals surface area contributed by atoms with Gasteiger partial charge in [0.05, 0.1) is 23.5 Å². The van der Waals surface area contributed by atoms with Crippen molar-refractivity contribution in [2.75, 3.05) is 44.3 Å². The molecule has 0 unspecified atom stereocenters. The van der Waals surface area contributed by atoms with E-state index in [1.54, 1.807) is 24.8 Å². The second-order valence-corrected chi connectivity index (χ2v) is 8.33. The topological polar surface area (TPSA) is 58.8 Å². The summed E-state index contributed by atoms with van der Waals surface area (Å²) in [5.74, 6) is -0.493. The molecule has 1 aliphatic heterocycles. The second kappa shape index (κ2) is 8.79. The first-order chi connectivity index (χ1) is 14.4. The van der Waals surface area contributed by atoms with E-state index < -0.39 is 11.6 Å². The molecular weight excluding hydrogens is 412 g/mol. The fraction of sp³-hybridized carbons (Fsp3) is 0.429. The maximum absolute atomic E-state index is 14.2. The van der Waals surface area contributed by atoms with E-state index in [0.717, 1.165) is 37.0 Å². The number of nitrogens with zero attached hydrogens (tertiary/aromatic N) is 3. The number of thiazole rings is 1. The Balaban J connectivity index is 1.61. The van der Waals surface area contributed by atoms with Crippen LogP contribution in [0, 0.1) is 25.5 Å². The first-order valence-corrected chi connectivity index (χ1v) is 10.7. The molecule has 2 aromatic heterocycles. The zero-order valence-electron chi connectivity index (χ0n) is 16.9. The minimum Gasteiger partial charge on any atom is -0.466 e. The van der Waals surface area contributed by atoms with Crippen LogP contribution in [-0.4, -0.2) is 55.2 Å². The molecule has 0 N–H and O–H groups in total. The number of aromatic nitrogens is 1. The van der Waals surface area contributed by atoms with Crippen LogP contribution in [0.15, 0.2) is 22.6 Å². The van der Waals surface area contributed by atoms with Gasteiger partial charge in [0.25, 0.3) is 5.91 Å². The maximum atomic E-state index is 14.2. The van der Waals surface area contributed by atoms with Crippen LogP contribution in [0.1, 0.15) is 28.3 Å². The molecular formula is C21H23F2N3O3S. The molecule has 1 aromatic carbocycles. The molecule has 1 amide bonds. The predicted molar refractivity (Wildman–Crippen MR) is 111 cm³/mol. The summed E-state index contributed by atoms with van der Waals surface area (Å²) in [5, 5.41) is 0.347. The van der Waals surface area contributed by atoms with Crippen molar-refractivity contribution in [2.45, 2.75) is 20.3 Å². The Kier molecular flexibility index (Phi) is 6.12. The maximum Gasteiger partial charge on any atom is 0.263 e. The first-order valence-electron chi connectivity index (χ1n) is 9.87. The third-order valence-corrected chi connectivity index (χ3v) is 6.13. The van der Waals surface area contributed by atoms with Gasteiger partial charge in [-0.15, -0.1) is 0 Å². The van der Waals surface area contributed by atoms with Crippen molar-refractivity contribution in [1.82, 2.24) is 9.88 Å². The molecule has 9 heteroatoms. The average molecular weight is 435 g/mol. The van der Waals surface area contributed by atoms with Gasteiger partial charge in [-0.2, -0.15) is 0 Å². The molecule has 1 saturated heterocycles. The van der Waals surface area contributed by atoms with E-state index in [1.807, 2.05) is 0 Å². The Morgan fingerprint density at radius 3 is 2.70 bits per heavy atom. The minimum absolute atomic E-state index is 0.0717. The molecule has 3 heterocycles. The lowest BCUT2D eigenvalue weighted by molar-refractivity contribution is 0.0376. The smallest absolute Gasteiger partial charge is 0.263 e.